The highest BCUT2D eigenvalue weighted by molar-refractivity contribution is 5.83. The molecule has 0 aromatic rings. The molecule has 1 aliphatic carbocycles. The molecule has 2 amide bonds. The SMILES string of the molecule is CC(NCC(=O)NC1CCCCC1)C(=O)N1CCCC1. The van der Waals surface area contributed by atoms with Crippen LogP contribution in [-0.4, -0.2) is 48.4 Å². The Morgan fingerprint density at radius 1 is 1.10 bits per heavy atom. The van der Waals surface area contributed by atoms with Gasteiger partial charge >= 0.3 is 0 Å². The normalized spacial score (nSPS) is 21.8. The molecule has 0 radical (unpaired) electrons. The van der Waals surface area contributed by atoms with Crippen LogP contribution in [-0.2, 0) is 9.59 Å². The highest BCUT2D eigenvalue weighted by atomic mass is 16.2. The summed E-state index contributed by atoms with van der Waals surface area (Å²) in [7, 11) is 0. The van der Waals surface area contributed by atoms with Crippen molar-refractivity contribution in [2.45, 2.75) is 64.0 Å². The molecular weight excluding hydrogens is 254 g/mol. The number of amides is 2. The van der Waals surface area contributed by atoms with Gasteiger partial charge in [-0.3, -0.25) is 14.9 Å². The quantitative estimate of drug-likeness (QED) is 0.791. The topological polar surface area (TPSA) is 61.4 Å². The molecule has 20 heavy (non-hydrogen) atoms. The van der Waals surface area contributed by atoms with Gasteiger partial charge in [0.15, 0.2) is 0 Å². The van der Waals surface area contributed by atoms with Gasteiger partial charge in [-0.15, -0.1) is 0 Å². The Hall–Kier alpha value is -1.10. The Morgan fingerprint density at radius 3 is 2.40 bits per heavy atom. The van der Waals surface area contributed by atoms with E-state index < -0.39 is 0 Å². The van der Waals surface area contributed by atoms with E-state index in [-0.39, 0.29) is 24.4 Å². The molecule has 1 heterocycles. The fourth-order valence-corrected chi connectivity index (χ4v) is 3.07. The van der Waals surface area contributed by atoms with Crippen molar-refractivity contribution in [3.63, 3.8) is 0 Å². The summed E-state index contributed by atoms with van der Waals surface area (Å²) in [6.07, 6.45) is 8.08. The summed E-state index contributed by atoms with van der Waals surface area (Å²) in [6, 6.07) is 0.0628. The molecule has 2 N–H and O–H groups in total. The Morgan fingerprint density at radius 2 is 1.75 bits per heavy atom. The number of nitrogens with one attached hydrogen (secondary N) is 2. The number of rotatable bonds is 5. The van der Waals surface area contributed by atoms with Crippen LogP contribution in [0.4, 0.5) is 0 Å². The standard InChI is InChI=1S/C15H27N3O2/c1-12(15(20)18-9-5-6-10-18)16-11-14(19)17-13-7-3-2-4-8-13/h12-13,16H,2-11H2,1H3,(H,17,19). The third-order valence-electron chi connectivity index (χ3n) is 4.33. The Labute approximate surface area is 121 Å². The predicted octanol–water partition coefficient (Wildman–Crippen LogP) is 1.04. The molecule has 114 valence electrons. The Bertz CT molecular complexity index is 334. The van der Waals surface area contributed by atoms with E-state index in [1.807, 2.05) is 11.8 Å². The highest BCUT2D eigenvalue weighted by Gasteiger charge is 2.23. The fourth-order valence-electron chi connectivity index (χ4n) is 3.07. The maximum Gasteiger partial charge on any atom is 0.239 e. The van der Waals surface area contributed by atoms with Crippen LogP contribution < -0.4 is 10.6 Å². The van der Waals surface area contributed by atoms with E-state index in [1.165, 1.54) is 19.3 Å². The fraction of sp³-hybridized carbons (Fsp3) is 0.867. The van der Waals surface area contributed by atoms with E-state index in [9.17, 15) is 9.59 Å². The van der Waals surface area contributed by atoms with Crippen LogP contribution in [0.1, 0.15) is 51.9 Å². The van der Waals surface area contributed by atoms with Crippen molar-refractivity contribution in [3.8, 4) is 0 Å². The molecule has 5 nitrogen and oxygen atoms in total. The molecule has 0 aromatic carbocycles. The minimum absolute atomic E-state index is 0.0120. The summed E-state index contributed by atoms with van der Waals surface area (Å²) in [4.78, 5) is 25.8. The number of carbonyl (C=O) groups excluding carboxylic acids is 2. The maximum atomic E-state index is 12.1. The van der Waals surface area contributed by atoms with Crippen LogP contribution in [0.3, 0.4) is 0 Å². The van der Waals surface area contributed by atoms with E-state index in [0.29, 0.717) is 6.04 Å². The molecule has 1 aliphatic heterocycles. The molecule has 2 aliphatic rings. The van der Waals surface area contributed by atoms with Gasteiger partial charge in [0.2, 0.25) is 11.8 Å². The molecule has 0 aromatic heterocycles. The largest absolute Gasteiger partial charge is 0.352 e. The highest BCUT2D eigenvalue weighted by Crippen LogP contribution is 2.17. The Balaban J connectivity index is 1.65. The molecule has 5 heteroatoms. The van der Waals surface area contributed by atoms with Crippen molar-refractivity contribution in [2.24, 2.45) is 0 Å². The summed E-state index contributed by atoms with van der Waals surface area (Å²) in [6.45, 7) is 3.80. The third kappa shape index (κ3) is 4.47. The number of nitrogens with zero attached hydrogens (tertiary/aromatic N) is 1. The van der Waals surface area contributed by atoms with E-state index >= 15 is 0 Å². The molecule has 1 atom stereocenters. The van der Waals surface area contributed by atoms with Crippen LogP contribution in [0, 0.1) is 0 Å². The smallest absolute Gasteiger partial charge is 0.239 e. The van der Waals surface area contributed by atoms with Gasteiger partial charge in [0.1, 0.15) is 0 Å². The first kappa shape index (κ1) is 15.3. The van der Waals surface area contributed by atoms with E-state index in [4.69, 9.17) is 0 Å². The van der Waals surface area contributed by atoms with Crippen LogP contribution in [0.15, 0.2) is 0 Å². The van der Waals surface area contributed by atoms with E-state index in [2.05, 4.69) is 10.6 Å². The van der Waals surface area contributed by atoms with Crippen LogP contribution in [0.25, 0.3) is 0 Å². The van der Waals surface area contributed by atoms with Crippen molar-refractivity contribution in [3.05, 3.63) is 0 Å². The van der Waals surface area contributed by atoms with Crippen LogP contribution in [0.5, 0.6) is 0 Å². The monoisotopic (exact) mass is 281 g/mol. The molecule has 2 fully saturated rings. The average molecular weight is 281 g/mol. The second-order valence-corrected chi connectivity index (χ2v) is 6.04. The van der Waals surface area contributed by atoms with Crippen LogP contribution in [0.2, 0.25) is 0 Å². The predicted molar refractivity (Wildman–Crippen MR) is 78.3 cm³/mol. The zero-order valence-corrected chi connectivity index (χ0v) is 12.5. The number of hydrogen-bond donors (Lipinski definition) is 2. The van der Waals surface area contributed by atoms with E-state index in [1.54, 1.807) is 0 Å². The lowest BCUT2D eigenvalue weighted by Gasteiger charge is -2.24. The van der Waals surface area contributed by atoms with Gasteiger partial charge in [-0.05, 0) is 32.6 Å². The lowest BCUT2D eigenvalue weighted by molar-refractivity contribution is -0.132. The molecule has 2 rings (SSSR count). The first-order valence-corrected chi connectivity index (χ1v) is 7.98. The van der Waals surface area contributed by atoms with Gasteiger partial charge in [-0.2, -0.15) is 0 Å². The van der Waals surface area contributed by atoms with Gasteiger partial charge in [-0.1, -0.05) is 19.3 Å². The van der Waals surface area contributed by atoms with Crippen molar-refractivity contribution < 1.29 is 9.59 Å². The zero-order chi connectivity index (χ0) is 14.4. The zero-order valence-electron chi connectivity index (χ0n) is 12.5. The summed E-state index contributed by atoms with van der Waals surface area (Å²) < 4.78 is 0. The maximum absolute atomic E-state index is 12.1. The van der Waals surface area contributed by atoms with Gasteiger partial charge in [0.05, 0.1) is 12.6 Å². The minimum Gasteiger partial charge on any atom is -0.352 e. The molecule has 1 saturated heterocycles. The summed E-state index contributed by atoms with van der Waals surface area (Å²) in [5.74, 6) is 0.130. The first-order valence-electron chi connectivity index (χ1n) is 7.98. The Kier molecular flexibility index (Phi) is 5.83. The van der Waals surface area contributed by atoms with Crippen molar-refractivity contribution in [2.75, 3.05) is 19.6 Å². The van der Waals surface area contributed by atoms with Gasteiger partial charge < -0.3 is 10.2 Å². The number of likely N-dealkylation sites (tertiary alicyclic amines) is 1. The van der Waals surface area contributed by atoms with Crippen molar-refractivity contribution >= 4 is 11.8 Å². The minimum atomic E-state index is -0.273. The average Bonchev–Trinajstić information content (AvgIpc) is 2.99. The van der Waals surface area contributed by atoms with Gasteiger partial charge in [0, 0.05) is 19.1 Å². The molecule has 1 saturated carbocycles. The number of carbonyl (C=O) groups is 2. The van der Waals surface area contributed by atoms with Gasteiger partial charge in [-0.25, -0.2) is 0 Å². The molecule has 0 bridgehead atoms. The van der Waals surface area contributed by atoms with Gasteiger partial charge in [0.25, 0.3) is 0 Å². The second kappa shape index (κ2) is 7.62. The second-order valence-electron chi connectivity index (χ2n) is 6.04. The van der Waals surface area contributed by atoms with Crippen molar-refractivity contribution in [1.29, 1.82) is 0 Å². The lowest BCUT2D eigenvalue weighted by atomic mass is 9.95. The lowest BCUT2D eigenvalue weighted by Crippen LogP contribution is -2.48. The third-order valence-corrected chi connectivity index (χ3v) is 4.33. The number of hydrogen-bond acceptors (Lipinski definition) is 3. The van der Waals surface area contributed by atoms with Crippen LogP contribution >= 0.6 is 0 Å². The summed E-state index contributed by atoms with van der Waals surface area (Å²) in [5.41, 5.74) is 0. The molecule has 0 spiro atoms. The summed E-state index contributed by atoms with van der Waals surface area (Å²) in [5, 5.41) is 6.10. The van der Waals surface area contributed by atoms with E-state index in [0.717, 1.165) is 38.8 Å². The van der Waals surface area contributed by atoms with Crippen molar-refractivity contribution in [1.82, 2.24) is 15.5 Å². The molecule has 1 unspecified atom stereocenters. The molecular formula is C15H27N3O2. The first-order chi connectivity index (χ1) is 9.66. The summed E-state index contributed by atoms with van der Waals surface area (Å²) >= 11 is 0.